The highest BCUT2D eigenvalue weighted by atomic mass is 19.4. The van der Waals surface area contributed by atoms with Gasteiger partial charge in [-0.25, -0.2) is 19.7 Å². The van der Waals surface area contributed by atoms with Gasteiger partial charge in [-0.1, -0.05) is 6.07 Å². The summed E-state index contributed by atoms with van der Waals surface area (Å²) in [6.07, 6.45) is -9.51. The number of ether oxygens (including phenoxy) is 2. The number of alkyl halides is 3. The lowest BCUT2D eigenvalue weighted by Crippen LogP contribution is -2.55. The smallest absolute Gasteiger partial charge is 0.433 e. The Morgan fingerprint density at radius 1 is 1.24 bits per heavy atom. The van der Waals surface area contributed by atoms with Crippen LogP contribution in [0.5, 0.6) is 5.88 Å². The van der Waals surface area contributed by atoms with Crippen molar-refractivity contribution >= 4 is 5.97 Å². The van der Waals surface area contributed by atoms with Crippen molar-refractivity contribution in [2.45, 2.75) is 43.6 Å². The van der Waals surface area contributed by atoms with E-state index in [-0.39, 0.29) is 11.3 Å². The average molecular weight is 415 g/mol. The molecule has 0 spiro atoms. The summed E-state index contributed by atoms with van der Waals surface area (Å²) >= 11 is 0. The number of hydrogen-bond donors (Lipinski definition) is 3. The van der Waals surface area contributed by atoms with E-state index in [0.717, 1.165) is 30.7 Å². The summed E-state index contributed by atoms with van der Waals surface area (Å²) in [5.74, 6) is -1.88. The lowest BCUT2D eigenvalue weighted by Gasteiger charge is -2.41. The van der Waals surface area contributed by atoms with E-state index in [2.05, 4.69) is 15.0 Å². The lowest BCUT2D eigenvalue weighted by atomic mass is 9.92. The lowest BCUT2D eigenvalue weighted by molar-refractivity contribution is -0.214. The second kappa shape index (κ2) is 7.89. The summed E-state index contributed by atoms with van der Waals surface area (Å²) in [4.78, 5) is 22.3. The zero-order chi connectivity index (χ0) is 21.3. The highest BCUT2D eigenvalue weighted by Crippen LogP contribution is 2.36. The molecule has 0 radical (unpaired) electrons. The molecule has 3 heterocycles. The number of halogens is 3. The Balaban J connectivity index is 2.00. The third-order valence-corrected chi connectivity index (χ3v) is 4.34. The van der Waals surface area contributed by atoms with Gasteiger partial charge in [0.2, 0.25) is 5.88 Å². The third-order valence-electron chi connectivity index (χ3n) is 4.34. The van der Waals surface area contributed by atoms with Gasteiger partial charge >= 0.3 is 12.1 Å². The molecular formula is C17H16F3N3O6. The zero-order valence-electron chi connectivity index (χ0n) is 14.8. The van der Waals surface area contributed by atoms with Gasteiger partial charge in [0.15, 0.2) is 6.10 Å². The van der Waals surface area contributed by atoms with Gasteiger partial charge in [0, 0.05) is 12.3 Å². The van der Waals surface area contributed by atoms with Crippen molar-refractivity contribution in [2.75, 3.05) is 0 Å². The molecule has 29 heavy (non-hydrogen) atoms. The number of carboxylic acid groups (broad SMARTS) is 1. The summed E-state index contributed by atoms with van der Waals surface area (Å²) in [5.41, 5.74) is -1.74. The summed E-state index contributed by atoms with van der Waals surface area (Å²) in [7, 11) is 0. The number of pyridine rings is 1. The molecule has 156 valence electrons. The molecular weight excluding hydrogens is 399 g/mol. The fourth-order valence-corrected chi connectivity index (χ4v) is 2.90. The van der Waals surface area contributed by atoms with Gasteiger partial charge in [-0.15, -0.1) is 0 Å². The second-order valence-electron chi connectivity index (χ2n) is 6.31. The van der Waals surface area contributed by atoms with Crippen molar-refractivity contribution < 1.29 is 42.8 Å². The molecule has 0 aliphatic carbocycles. The van der Waals surface area contributed by atoms with Crippen molar-refractivity contribution in [1.29, 1.82) is 0 Å². The maximum atomic E-state index is 12.9. The normalized spacial score (nSPS) is 27.4. The molecule has 0 saturated carbocycles. The molecule has 12 heteroatoms. The van der Waals surface area contributed by atoms with Gasteiger partial charge < -0.3 is 24.8 Å². The highest BCUT2D eigenvalue weighted by molar-refractivity contribution is 5.88. The van der Waals surface area contributed by atoms with E-state index in [1.54, 1.807) is 0 Å². The summed E-state index contributed by atoms with van der Waals surface area (Å²) in [5, 5.41) is 29.9. The number of rotatable bonds is 4. The van der Waals surface area contributed by atoms with E-state index >= 15 is 0 Å². The highest BCUT2D eigenvalue weighted by Gasteiger charge is 2.47. The van der Waals surface area contributed by atoms with E-state index in [1.807, 2.05) is 0 Å². The van der Waals surface area contributed by atoms with Crippen molar-refractivity contribution in [3.63, 3.8) is 0 Å². The van der Waals surface area contributed by atoms with Crippen molar-refractivity contribution in [1.82, 2.24) is 15.0 Å². The molecule has 1 fully saturated rings. The Kier molecular flexibility index (Phi) is 5.68. The van der Waals surface area contributed by atoms with Crippen LogP contribution in [0.15, 0.2) is 30.7 Å². The van der Waals surface area contributed by atoms with Crippen molar-refractivity contribution in [3.05, 3.63) is 47.7 Å². The molecule has 5 atom stereocenters. The van der Waals surface area contributed by atoms with E-state index < -0.39 is 54.2 Å². The number of aliphatic hydroxyl groups excluding tert-OH is 2. The molecule has 2 aromatic rings. The Labute approximate surface area is 161 Å². The largest absolute Gasteiger partial charge is 0.478 e. The van der Waals surface area contributed by atoms with Gasteiger partial charge in [0.1, 0.15) is 35.9 Å². The van der Waals surface area contributed by atoms with Crippen LogP contribution in [-0.2, 0) is 10.9 Å². The minimum Gasteiger partial charge on any atom is -0.478 e. The number of aliphatic hydroxyl groups is 2. The zero-order valence-corrected chi connectivity index (χ0v) is 14.8. The van der Waals surface area contributed by atoms with Crippen LogP contribution in [0, 0.1) is 0 Å². The molecule has 3 rings (SSSR count). The third kappa shape index (κ3) is 4.28. The molecule has 0 bridgehead atoms. The van der Waals surface area contributed by atoms with E-state index in [4.69, 9.17) is 9.47 Å². The van der Waals surface area contributed by atoms with Gasteiger partial charge in [0.25, 0.3) is 0 Å². The fraction of sp³-hybridized carbons (Fsp3) is 0.412. The van der Waals surface area contributed by atoms with Crippen LogP contribution in [-0.4, -0.2) is 60.7 Å². The van der Waals surface area contributed by atoms with Crippen LogP contribution in [0.4, 0.5) is 13.2 Å². The first-order chi connectivity index (χ1) is 13.6. The summed E-state index contributed by atoms with van der Waals surface area (Å²) < 4.78 is 49.7. The molecule has 0 aromatic carbocycles. The predicted octanol–water partition coefficient (Wildman–Crippen LogP) is 1.22. The van der Waals surface area contributed by atoms with Crippen LogP contribution >= 0.6 is 0 Å². The average Bonchev–Trinajstić information content (AvgIpc) is 2.68. The van der Waals surface area contributed by atoms with Gasteiger partial charge in [-0.3, -0.25) is 0 Å². The fourth-order valence-electron chi connectivity index (χ4n) is 2.90. The Bertz CT molecular complexity index is 897. The minimum atomic E-state index is -4.72. The van der Waals surface area contributed by atoms with E-state index in [1.165, 1.54) is 6.92 Å². The Morgan fingerprint density at radius 2 is 1.97 bits per heavy atom. The molecule has 3 N–H and O–H groups in total. The Morgan fingerprint density at radius 3 is 2.62 bits per heavy atom. The maximum absolute atomic E-state index is 12.9. The van der Waals surface area contributed by atoms with Crippen molar-refractivity contribution in [3.8, 4) is 5.88 Å². The molecule has 0 amide bonds. The standard InChI is InChI=1S/C17H16F3N3O6/c1-7-12(24)13(25)15(29-10-4-2-3-9(23-10)17(18,19)20)14(28-7)11-8(16(26)27)5-21-6-22-11/h2-7,12-15,24-25H,1H3,(H,26,27)/t7-,12+,13+,14+,15-/m1/s1. The minimum absolute atomic E-state index is 0.165. The molecule has 0 unspecified atom stereocenters. The molecule has 1 saturated heterocycles. The first-order valence-corrected chi connectivity index (χ1v) is 8.35. The van der Waals surface area contributed by atoms with Crippen LogP contribution in [0.2, 0.25) is 0 Å². The quantitative estimate of drug-likeness (QED) is 0.673. The molecule has 9 nitrogen and oxygen atoms in total. The first kappa shape index (κ1) is 20.9. The van der Waals surface area contributed by atoms with Crippen LogP contribution in [0.25, 0.3) is 0 Å². The summed E-state index contributed by atoms with van der Waals surface area (Å²) in [6, 6.07) is 2.92. The van der Waals surface area contributed by atoms with Crippen LogP contribution < -0.4 is 4.74 Å². The number of hydrogen-bond acceptors (Lipinski definition) is 8. The number of aromatic nitrogens is 3. The van der Waals surface area contributed by atoms with E-state index in [0.29, 0.717) is 0 Å². The number of aromatic carboxylic acids is 1. The van der Waals surface area contributed by atoms with Gasteiger partial charge in [-0.2, -0.15) is 13.2 Å². The molecule has 1 aliphatic rings. The number of carboxylic acids is 1. The first-order valence-electron chi connectivity index (χ1n) is 8.35. The predicted molar refractivity (Wildman–Crippen MR) is 87.9 cm³/mol. The van der Waals surface area contributed by atoms with Crippen LogP contribution in [0.1, 0.15) is 34.8 Å². The second-order valence-corrected chi connectivity index (χ2v) is 6.31. The molecule has 2 aromatic heterocycles. The van der Waals surface area contributed by atoms with Crippen molar-refractivity contribution in [2.24, 2.45) is 0 Å². The number of carbonyl (C=O) groups is 1. The van der Waals surface area contributed by atoms with Gasteiger partial charge in [0.05, 0.1) is 11.8 Å². The maximum Gasteiger partial charge on any atom is 0.433 e. The van der Waals surface area contributed by atoms with Gasteiger partial charge in [-0.05, 0) is 13.0 Å². The number of nitrogens with zero attached hydrogens (tertiary/aromatic N) is 3. The molecule has 1 aliphatic heterocycles. The topological polar surface area (TPSA) is 135 Å². The Hall–Kier alpha value is -2.83. The van der Waals surface area contributed by atoms with Crippen LogP contribution in [0.3, 0.4) is 0 Å². The monoisotopic (exact) mass is 415 g/mol. The SMILES string of the molecule is C[C@H]1O[C@@H](c2ncncc2C(=O)O)[C@H](Oc2cccc(C(F)(F)F)n2)[C@@H](O)[C@H]1O. The van der Waals surface area contributed by atoms with E-state index in [9.17, 15) is 33.3 Å². The summed E-state index contributed by atoms with van der Waals surface area (Å²) in [6.45, 7) is 1.43.